The topological polar surface area (TPSA) is 63.3 Å². The molecule has 1 aliphatic carbocycles. The molecule has 0 bridgehead atoms. The van der Waals surface area contributed by atoms with Crippen molar-refractivity contribution in [2.24, 2.45) is 5.92 Å². The summed E-state index contributed by atoms with van der Waals surface area (Å²) in [5.74, 6) is 0.546. The van der Waals surface area contributed by atoms with Crippen molar-refractivity contribution < 1.29 is 14.4 Å². The van der Waals surface area contributed by atoms with Crippen LogP contribution in [0.15, 0.2) is 34.9 Å². The van der Waals surface area contributed by atoms with Crippen molar-refractivity contribution in [1.29, 1.82) is 0 Å². The van der Waals surface area contributed by atoms with Gasteiger partial charge in [-0.3, -0.25) is 4.79 Å². The quantitative estimate of drug-likeness (QED) is 0.873. The normalized spacial score (nSPS) is 21.7. The maximum absolute atomic E-state index is 12.3. The summed E-state index contributed by atoms with van der Waals surface area (Å²) in [5, 5.41) is 13.7. The average Bonchev–Trinajstić information content (AvgIpc) is 2.98. The van der Waals surface area contributed by atoms with Crippen molar-refractivity contribution in [2.45, 2.75) is 45.1 Å². The molecule has 116 valence electrons. The summed E-state index contributed by atoms with van der Waals surface area (Å²) in [7, 11) is 0. The van der Waals surface area contributed by atoms with Crippen LogP contribution in [0.1, 0.15) is 48.2 Å². The number of carbonyl (C=O) groups excluding carboxylic acids is 1. The average molecular weight is 299 g/mol. The molecular formula is C18H21NO3. The van der Waals surface area contributed by atoms with E-state index in [1.54, 1.807) is 6.07 Å². The Labute approximate surface area is 130 Å². The van der Waals surface area contributed by atoms with Crippen LogP contribution in [0.2, 0.25) is 0 Å². The Hall–Kier alpha value is -1.94. The highest BCUT2D eigenvalue weighted by atomic mass is 16.5. The number of hydrogen-bond acceptors (Lipinski definition) is 4. The number of aliphatic hydroxyl groups excluding tert-OH is 1. The molecule has 2 aromatic rings. The van der Waals surface area contributed by atoms with Gasteiger partial charge >= 0.3 is 0 Å². The second-order valence-corrected chi connectivity index (χ2v) is 6.26. The maximum Gasteiger partial charge on any atom is 0.203 e. The van der Waals surface area contributed by atoms with E-state index in [1.807, 2.05) is 31.2 Å². The number of nitrogens with zero attached hydrogens (tertiary/aromatic N) is 1. The molecule has 1 aromatic carbocycles. The van der Waals surface area contributed by atoms with Crippen LogP contribution >= 0.6 is 0 Å². The molecular weight excluding hydrogens is 278 g/mol. The van der Waals surface area contributed by atoms with Crippen LogP contribution in [0.5, 0.6) is 0 Å². The molecule has 1 aromatic heterocycles. The van der Waals surface area contributed by atoms with Crippen LogP contribution < -0.4 is 0 Å². The van der Waals surface area contributed by atoms with Gasteiger partial charge in [-0.15, -0.1) is 0 Å². The van der Waals surface area contributed by atoms with Crippen molar-refractivity contribution in [1.82, 2.24) is 5.16 Å². The first-order chi connectivity index (χ1) is 10.6. The molecule has 1 heterocycles. The van der Waals surface area contributed by atoms with Gasteiger partial charge in [0.05, 0.1) is 6.10 Å². The zero-order valence-electron chi connectivity index (χ0n) is 12.8. The van der Waals surface area contributed by atoms with Crippen molar-refractivity contribution in [3.63, 3.8) is 0 Å². The van der Waals surface area contributed by atoms with Gasteiger partial charge in [-0.1, -0.05) is 41.4 Å². The number of Topliss-reactive ketones (excluding diaryl/α,β-unsaturated/α-hetero) is 1. The Morgan fingerprint density at radius 3 is 2.82 bits per heavy atom. The van der Waals surface area contributed by atoms with E-state index in [4.69, 9.17) is 4.52 Å². The summed E-state index contributed by atoms with van der Waals surface area (Å²) in [5.41, 5.74) is 2.81. The lowest BCUT2D eigenvalue weighted by Gasteiger charge is -2.24. The molecule has 0 aliphatic heterocycles. The molecule has 0 saturated heterocycles. The number of carbonyl (C=O) groups is 1. The van der Waals surface area contributed by atoms with Gasteiger partial charge in [-0.05, 0) is 32.1 Å². The van der Waals surface area contributed by atoms with Crippen LogP contribution in [-0.2, 0) is 0 Å². The highest BCUT2D eigenvalue weighted by Crippen LogP contribution is 2.28. The fraction of sp³-hybridized carbons (Fsp3) is 0.444. The van der Waals surface area contributed by atoms with Crippen LogP contribution in [0, 0.1) is 12.8 Å². The molecule has 1 fully saturated rings. The molecule has 1 saturated carbocycles. The molecule has 4 nitrogen and oxygen atoms in total. The Morgan fingerprint density at radius 2 is 2.09 bits per heavy atom. The standard InChI is InChI=1S/C18H21NO3/c1-12-5-7-14(8-6-12)16-11-18(22-19-16)17(21)10-13-3-2-4-15(20)9-13/h5-8,11,13,15,20H,2-4,9-10H2,1H3/t13-,15+/m1/s1. The number of benzene rings is 1. The summed E-state index contributed by atoms with van der Waals surface area (Å²) in [6, 6.07) is 9.67. The van der Waals surface area contributed by atoms with Crippen LogP contribution in [-0.4, -0.2) is 22.2 Å². The molecule has 1 aliphatic rings. The third kappa shape index (κ3) is 3.45. The lowest BCUT2D eigenvalue weighted by molar-refractivity contribution is 0.0798. The van der Waals surface area contributed by atoms with Gasteiger partial charge in [0.25, 0.3) is 0 Å². The Bertz CT molecular complexity index is 645. The van der Waals surface area contributed by atoms with Gasteiger partial charge in [0.15, 0.2) is 0 Å². The molecule has 0 radical (unpaired) electrons. The van der Waals surface area contributed by atoms with Gasteiger partial charge in [-0.25, -0.2) is 0 Å². The molecule has 2 atom stereocenters. The number of hydrogen-bond donors (Lipinski definition) is 1. The monoisotopic (exact) mass is 299 g/mol. The van der Waals surface area contributed by atoms with Crippen LogP contribution in [0.3, 0.4) is 0 Å². The van der Waals surface area contributed by atoms with Gasteiger partial charge in [0.1, 0.15) is 5.69 Å². The smallest absolute Gasteiger partial charge is 0.203 e. The summed E-state index contributed by atoms with van der Waals surface area (Å²) < 4.78 is 5.22. The number of aryl methyl sites for hydroxylation is 1. The van der Waals surface area contributed by atoms with E-state index in [-0.39, 0.29) is 17.8 Å². The lowest BCUT2D eigenvalue weighted by Crippen LogP contribution is -2.21. The molecule has 0 amide bonds. The van der Waals surface area contributed by atoms with E-state index in [9.17, 15) is 9.90 Å². The zero-order valence-corrected chi connectivity index (χ0v) is 12.8. The van der Waals surface area contributed by atoms with Crippen LogP contribution in [0.4, 0.5) is 0 Å². The number of aliphatic hydroxyl groups is 1. The van der Waals surface area contributed by atoms with Crippen molar-refractivity contribution in [3.8, 4) is 11.3 Å². The Kier molecular flexibility index (Phi) is 4.39. The van der Waals surface area contributed by atoms with E-state index in [1.165, 1.54) is 5.56 Å². The first-order valence-electron chi connectivity index (χ1n) is 7.87. The van der Waals surface area contributed by atoms with E-state index in [0.717, 1.165) is 24.8 Å². The zero-order chi connectivity index (χ0) is 15.5. The second kappa shape index (κ2) is 6.44. The third-order valence-electron chi connectivity index (χ3n) is 4.36. The molecule has 4 heteroatoms. The van der Waals surface area contributed by atoms with Crippen molar-refractivity contribution >= 4 is 5.78 Å². The van der Waals surface area contributed by atoms with Gasteiger partial charge in [0, 0.05) is 18.1 Å². The van der Waals surface area contributed by atoms with Gasteiger partial charge in [-0.2, -0.15) is 0 Å². The van der Waals surface area contributed by atoms with Gasteiger partial charge in [0.2, 0.25) is 11.5 Å². The molecule has 0 spiro atoms. The van der Waals surface area contributed by atoms with E-state index in [2.05, 4.69) is 5.16 Å². The predicted octanol–water partition coefficient (Wildman–Crippen LogP) is 3.77. The summed E-state index contributed by atoms with van der Waals surface area (Å²) >= 11 is 0. The minimum Gasteiger partial charge on any atom is -0.393 e. The van der Waals surface area contributed by atoms with E-state index in [0.29, 0.717) is 24.3 Å². The van der Waals surface area contributed by atoms with E-state index < -0.39 is 0 Å². The van der Waals surface area contributed by atoms with Crippen LogP contribution in [0.25, 0.3) is 11.3 Å². The van der Waals surface area contributed by atoms with E-state index >= 15 is 0 Å². The minimum atomic E-state index is -0.260. The number of ketones is 1. The lowest BCUT2D eigenvalue weighted by atomic mass is 9.84. The Morgan fingerprint density at radius 1 is 1.32 bits per heavy atom. The SMILES string of the molecule is Cc1ccc(-c2cc(C(=O)C[C@@H]3CCC[C@H](O)C3)on2)cc1. The number of aromatic nitrogens is 1. The first kappa shape index (κ1) is 15.0. The molecule has 0 unspecified atom stereocenters. The first-order valence-corrected chi connectivity index (χ1v) is 7.87. The van der Waals surface area contributed by atoms with Crippen molar-refractivity contribution in [2.75, 3.05) is 0 Å². The fourth-order valence-corrected chi connectivity index (χ4v) is 3.08. The largest absolute Gasteiger partial charge is 0.393 e. The Balaban J connectivity index is 1.67. The highest BCUT2D eigenvalue weighted by molar-refractivity contribution is 5.94. The highest BCUT2D eigenvalue weighted by Gasteiger charge is 2.24. The second-order valence-electron chi connectivity index (χ2n) is 6.26. The fourth-order valence-electron chi connectivity index (χ4n) is 3.08. The van der Waals surface area contributed by atoms with Gasteiger partial charge < -0.3 is 9.63 Å². The third-order valence-corrected chi connectivity index (χ3v) is 4.36. The predicted molar refractivity (Wildman–Crippen MR) is 83.6 cm³/mol. The minimum absolute atomic E-state index is 0.0232. The summed E-state index contributed by atoms with van der Waals surface area (Å²) in [6.45, 7) is 2.03. The molecule has 22 heavy (non-hydrogen) atoms. The molecule has 1 N–H and O–H groups in total. The molecule has 3 rings (SSSR count). The summed E-state index contributed by atoms with van der Waals surface area (Å²) in [6.07, 6.45) is 3.73. The summed E-state index contributed by atoms with van der Waals surface area (Å²) in [4.78, 5) is 12.3. The maximum atomic E-state index is 12.3. The number of rotatable bonds is 4. The van der Waals surface area contributed by atoms with Crippen molar-refractivity contribution in [3.05, 3.63) is 41.7 Å².